The van der Waals surface area contributed by atoms with E-state index in [0.717, 1.165) is 5.39 Å². The summed E-state index contributed by atoms with van der Waals surface area (Å²) < 4.78 is 5.72. The molecular formula is C13H8ClN3O3S. The van der Waals surface area contributed by atoms with Gasteiger partial charge in [0, 0.05) is 6.07 Å². The van der Waals surface area contributed by atoms with E-state index in [1.54, 1.807) is 19.1 Å². The number of nitro benzene ring substituents is 1. The average molecular weight is 322 g/mol. The number of rotatable bonds is 3. The van der Waals surface area contributed by atoms with Gasteiger partial charge in [-0.3, -0.25) is 10.1 Å². The Kier molecular flexibility index (Phi) is 3.44. The molecule has 106 valence electrons. The number of hydrogen-bond acceptors (Lipinski definition) is 6. The number of fused-ring (bicyclic) bond motifs is 1. The first kappa shape index (κ1) is 13.7. The Bertz CT molecular complexity index is 850. The van der Waals surface area contributed by atoms with E-state index in [9.17, 15) is 10.1 Å². The molecule has 2 heterocycles. The SMILES string of the molecule is Cc1c(Oc2nc(Cl)nc3sccc23)cccc1[N+](=O)[O-]. The minimum Gasteiger partial charge on any atom is -0.438 e. The first-order valence-electron chi connectivity index (χ1n) is 5.89. The van der Waals surface area contributed by atoms with Gasteiger partial charge >= 0.3 is 0 Å². The van der Waals surface area contributed by atoms with Crippen LogP contribution in [0.3, 0.4) is 0 Å². The lowest BCUT2D eigenvalue weighted by atomic mass is 10.2. The molecule has 3 aromatic rings. The summed E-state index contributed by atoms with van der Waals surface area (Å²) in [6.07, 6.45) is 0. The van der Waals surface area contributed by atoms with Crippen LogP contribution in [-0.2, 0) is 0 Å². The molecule has 8 heteroatoms. The van der Waals surface area contributed by atoms with Gasteiger partial charge in [-0.2, -0.15) is 4.98 Å². The van der Waals surface area contributed by atoms with Gasteiger partial charge in [0.25, 0.3) is 5.69 Å². The lowest BCUT2D eigenvalue weighted by Crippen LogP contribution is -1.96. The van der Waals surface area contributed by atoms with E-state index in [0.29, 0.717) is 16.1 Å². The van der Waals surface area contributed by atoms with Gasteiger partial charge in [0.05, 0.1) is 15.9 Å². The first-order chi connectivity index (χ1) is 10.1. The molecule has 0 aliphatic rings. The van der Waals surface area contributed by atoms with Crippen molar-refractivity contribution in [2.45, 2.75) is 6.92 Å². The molecule has 0 atom stereocenters. The summed E-state index contributed by atoms with van der Waals surface area (Å²) in [4.78, 5) is 19.4. The molecule has 0 saturated heterocycles. The predicted octanol–water partition coefficient (Wildman–Crippen LogP) is 4.35. The predicted molar refractivity (Wildman–Crippen MR) is 80.3 cm³/mol. The Labute approximate surface area is 128 Å². The number of benzene rings is 1. The minimum absolute atomic E-state index is 0.00536. The Morgan fingerprint density at radius 2 is 2.14 bits per heavy atom. The van der Waals surface area contributed by atoms with Gasteiger partial charge < -0.3 is 4.74 Å². The normalized spacial score (nSPS) is 10.8. The summed E-state index contributed by atoms with van der Waals surface area (Å²) in [6, 6.07) is 6.46. The van der Waals surface area contributed by atoms with Crippen LogP contribution in [0, 0.1) is 17.0 Å². The van der Waals surface area contributed by atoms with Crippen LogP contribution >= 0.6 is 22.9 Å². The highest BCUT2D eigenvalue weighted by atomic mass is 35.5. The van der Waals surface area contributed by atoms with Crippen molar-refractivity contribution in [2.75, 3.05) is 0 Å². The van der Waals surface area contributed by atoms with Crippen LogP contribution in [0.5, 0.6) is 11.6 Å². The fourth-order valence-electron chi connectivity index (χ4n) is 1.90. The number of nitro groups is 1. The molecule has 0 radical (unpaired) electrons. The quantitative estimate of drug-likeness (QED) is 0.407. The summed E-state index contributed by atoms with van der Waals surface area (Å²) in [5, 5.41) is 13.6. The highest BCUT2D eigenvalue weighted by Gasteiger charge is 2.17. The second-order valence-electron chi connectivity index (χ2n) is 4.20. The second-order valence-corrected chi connectivity index (χ2v) is 5.43. The zero-order valence-electron chi connectivity index (χ0n) is 10.7. The van der Waals surface area contributed by atoms with Crippen LogP contribution in [0.1, 0.15) is 5.56 Å². The summed E-state index contributed by atoms with van der Waals surface area (Å²) in [6.45, 7) is 1.63. The lowest BCUT2D eigenvalue weighted by Gasteiger charge is -2.08. The van der Waals surface area contributed by atoms with Gasteiger partial charge in [-0.05, 0) is 36.0 Å². The summed E-state index contributed by atoms with van der Waals surface area (Å²) in [7, 11) is 0. The van der Waals surface area contributed by atoms with E-state index in [1.165, 1.54) is 17.4 Å². The molecule has 0 bridgehead atoms. The third kappa shape index (κ3) is 2.53. The Morgan fingerprint density at radius 3 is 2.90 bits per heavy atom. The molecule has 2 aromatic heterocycles. The van der Waals surface area contributed by atoms with E-state index in [-0.39, 0.29) is 16.9 Å². The van der Waals surface area contributed by atoms with Crippen molar-refractivity contribution in [3.05, 3.63) is 50.6 Å². The molecule has 0 aliphatic carbocycles. The van der Waals surface area contributed by atoms with Gasteiger partial charge in [0.2, 0.25) is 11.2 Å². The van der Waals surface area contributed by atoms with Crippen LogP contribution in [0.15, 0.2) is 29.6 Å². The number of aromatic nitrogens is 2. The minimum atomic E-state index is -0.449. The Hall–Kier alpha value is -2.25. The molecule has 1 aromatic carbocycles. The highest BCUT2D eigenvalue weighted by Crippen LogP contribution is 2.34. The number of ether oxygens (including phenoxy) is 1. The number of thiophene rings is 1. The van der Waals surface area contributed by atoms with Crippen molar-refractivity contribution >= 4 is 38.8 Å². The first-order valence-corrected chi connectivity index (χ1v) is 7.14. The Balaban J connectivity index is 2.09. The topological polar surface area (TPSA) is 78.2 Å². The molecule has 21 heavy (non-hydrogen) atoms. The van der Waals surface area contributed by atoms with Gasteiger partial charge in [-0.15, -0.1) is 11.3 Å². The molecule has 0 amide bonds. The van der Waals surface area contributed by atoms with Crippen LogP contribution in [0.2, 0.25) is 5.28 Å². The third-order valence-corrected chi connectivity index (χ3v) is 3.90. The third-order valence-electron chi connectivity index (χ3n) is 2.92. The van der Waals surface area contributed by atoms with Gasteiger partial charge in [-0.1, -0.05) is 6.07 Å². The maximum Gasteiger partial charge on any atom is 0.276 e. The zero-order valence-corrected chi connectivity index (χ0v) is 12.3. The molecule has 0 N–H and O–H groups in total. The molecule has 0 saturated carbocycles. The van der Waals surface area contributed by atoms with Crippen molar-refractivity contribution in [1.82, 2.24) is 9.97 Å². The van der Waals surface area contributed by atoms with Gasteiger partial charge in [0.1, 0.15) is 10.6 Å². The molecule has 0 unspecified atom stereocenters. The van der Waals surface area contributed by atoms with E-state index in [2.05, 4.69) is 9.97 Å². The molecule has 0 fully saturated rings. The zero-order chi connectivity index (χ0) is 15.0. The molecule has 6 nitrogen and oxygen atoms in total. The van der Waals surface area contributed by atoms with Crippen LogP contribution in [0.25, 0.3) is 10.2 Å². The standard InChI is InChI=1S/C13H8ClN3O3S/c1-7-9(17(18)19)3-2-4-10(7)20-11-8-5-6-21-12(8)16-13(14)15-11/h2-6H,1H3. The maximum atomic E-state index is 11.0. The maximum absolute atomic E-state index is 11.0. The second kappa shape index (κ2) is 5.27. The number of hydrogen-bond donors (Lipinski definition) is 0. The van der Waals surface area contributed by atoms with Crippen LogP contribution in [-0.4, -0.2) is 14.9 Å². The molecule has 0 spiro atoms. The van der Waals surface area contributed by atoms with Crippen molar-refractivity contribution in [3.8, 4) is 11.6 Å². The van der Waals surface area contributed by atoms with Gasteiger partial charge in [-0.25, -0.2) is 4.98 Å². The number of nitrogens with zero attached hydrogens (tertiary/aromatic N) is 3. The Morgan fingerprint density at radius 1 is 1.33 bits per heavy atom. The van der Waals surface area contributed by atoms with Crippen LogP contribution in [0.4, 0.5) is 5.69 Å². The van der Waals surface area contributed by atoms with Crippen molar-refractivity contribution < 1.29 is 9.66 Å². The van der Waals surface area contributed by atoms with Crippen molar-refractivity contribution in [1.29, 1.82) is 0 Å². The van der Waals surface area contributed by atoms with E-state index < -0.39 is 4.92 Å². The number of halogens is 1. The fraction of sp³-hybridized carbons (Fsp3) is 0.0769. The van der Waals surface area contributed by atoms with E-state index in [4.69, 9.17) is 16.3 Å². The van der Waals surface area contributed by atoms with Crippen molar-refractivity contribution in [3.63, 3.8) is 0 Å². The van der Waals surface area contributed by atoms with Gasteiger partial charge in [0.15, 0.2) is 0 Å². The summed E-state index contributed by atoms with van der Waals surface area (Å²) >= 11 is 7.28. The summed E-state index contributed by atoms with van der Waals surface area (Å²) in [5.74, 6) is 0.654. The monoisotopic (exact) mass is 321 g/mol. The van der Waals surface area contributed by atoms with Crippen LogP contribution < -0.4 is 4.74 Å². The summed E-state index contributed by atoms with van der Waals surface area (Å²) in [5.41, 5.74) is 0.426. The lowest BCUT2D eigenvalue weighted by molar-refractivity contribution is -0.385. The highest BCUT2D eigenvalue weighted by molar-refractivity contribution is 7.16. The average Bonchev–Trinajstić information content (AvgIpc) is 2.88. The van der Waals surface area contributed by atoms with E-state index in [1.807, 2.05) is 11.4 Å². The smallest absolute Gasteiger partial charge is 0.276 e. The largest absolute Gasteiger partial charge is 0.438 e. The van der Waals surface area contributed by atoms with Crippen molar-refractivity contribution in [2.24, 2.45) is 0 Å². The molecular weight excluding hydrogens is 314 g/mol. The molecule has 3 rings (SSSR count). The fourth-order valence-corrected chi connectivity index (χ4v) is 2.86. The van der Waals surface area contributed by atoms with E-state index >= 15 is 0 Å². The molecule has 0 aliphatic heterocycles.